The molecule has 1 saturated heterocycles. The van der Waals surface area contributed by atoms with Crippen LogP contribution >= 0.6 is 11.3 Å². The molecule has 4 rings (SSSR count). The lowest BCUT2D eigenvalue weighted by molar-refractivity contribution is -0.914. The quantitative estimate of drug-likeness (QED) is 0.698. The number of hydrogen-bond donors (Lipinski definition) is 1. The molecule has 0 bridgehead atoms. The van der Waals surface area contributed by atoms with Crippen molar-refractivity contribution in [2.45, 2.75) is 6.54 Å². The van der Waals surface area contributed by atoms with Gasteiger partial charge in [0.1, 0.15) is 12.2 Å². The number of hydrogen-bond acceptors (Lipinski definition) is 6. The second-order valence-corrected chi connectivity index (χ2v) is 6.48. The van der Waals surface area contributed by atoms with Gasteiger partial charge in [0.15, 0.2) is 4.96 Å². The summed E-state index contributed by atoms with van der Waals surface area (Å²) < 4.78 is 1.59. The van der Waals surface area contributed by atoms with E-state index in [0.29, 0.717) is 0 Å². The Morgan fingerprint density at radius 1 is 1.22 bits per heavy atom. The van der Waals surface area contributed by atoms with Crippen molar-refractivity contribution in [2.75, 3.05) is 31.1 Å². The summed E-state index contributed by atoms with van der Waals surface area (Å²) in [6, 6.07) is 3.48. The first-order valence-corrected chi connectivity index (χ1v) is 8.49. The third kappa shape index (κ3) is 2.95. The lowest BCUT2D eigenvalue weighted by atomic mass is 10.3. The van der Waals surface area contributed by atoms with Gasteiger partial charge < -0.3 is 9.80 Å². The highest BCUT2D eigenvalue weighted by Gasteiger charge is 2.22. The minimum atomic E-state index is 0.00183. The SMILES string of the molecule is O=c1cc(C[NH+]2CCN(c3ncccn3)CC2)nc2sccn12. The molecule has 118 valence electrons. The van der Waals surface area contributed by atoms with Crippen LogP contribution in [0.2, 0.25) is 0 Å². The van der Waals surface area contributed by atoms with Gasteiger partial charge in [-0.3, -0.25) is 9.20 Å². The van der Waals surface area contributed by atoms with Crippen LogP contribution < -0.4 is 15.4 Å². The van der Waals surface area contributed by atoms with Crippen molar-refractivity contribution in [3.63, 3.8) is 0 Å². The average molecular weight is 329 g/mol. The molecule has 0 atom stereocenters. The normalized spacial score (nSPS) is 16.1. The number of anilines is 1. The maximum Gasteiger partial charge on any atom is 0.258 e. The molecule has 0 radical (unpaired) electrons. The van der Waals surface area contributed by atoms with E-state index in [0.717, 1.165) is 49.3 Å². The Bertz CT molecular complexity index is 853. The van der Waals surface area contributed by atoms with Gasteiger partial charge in [-0.1, -0.05) is 0 Å². The van der Waals surface area contributed by atoms with E-state index >= 15 is 0 Å². The zero-order valence-corrected chi connectivity index (χ0v) is 13.4. The standard InChI is InChI=1S/C15H16N6OS/c22-13-10-12(18-15-21(13)8-9-23-15)11-19-4-6-20(7-5-19)14-16-2-1-3-17-14/h1-3,8-10H,4-7,11H2/p+1. The Kier molecular flexibility index (Phi) is 3.76. The molecule has 0 aliphatic carbocycles. The molecular weight excluding hydrogens is 312 g/mol. The van der Waals surface area contributed by atoms with Gasteiger partial charge in [-0.05, 0) is 6.07 Å². The van der Waals surface area contributed by atoms with Gasteiger partial charge in [0, 0.05) is 30.0 Å². The average Bonchev–Trinajstić information content (AvgIpc) is 3.05. The van der Waals surface area contributed by atoms with Crippen LogP contribution in [0.4, 0.5) is 5.95 Å². The Hall–Kier alpha value is -2.32. The third-order valence-corrected chi connectivity index (χ3v) is 4.85. The highest BCUT2D eigenvalue weighted by Crippen LogP contribution is 2.07. The summed E-state index contributed by atoms with van der Waals surface area (Å²) in [4.78, 5) is 29.6. The number of quaternary nitrogens is 1. The fraction of sp³-hybridized carbons (Fsp3) is 0.333. The van der Waals surface area contributed by atoms with Crippen molar-refractivity contribution in [3.8, 4) is 0 Å². The molecule has 0 amide bonds. The van der Waals surface area contributed by atoms with Crippen LogP contribution in [-0.2, 0) is 6.54 Å². The van der Waals surface area contributed by atoms with E-state index < -0.39 is 0 Å². The van der Waals surface area contributed by atoms with E-state index in [1.54, 1.807) is 29.1 Å². The largest absolute Gasteiger partial charge is 0.330 e. The molecule has 1 aliphatic rings. The minimum absolute atomic E-state index is 0.00183. The van der Waals surface area contributed by atoms with E-state index in [1.165, 1.54) is 16.2 Å². The first kappa shape index (κ1) is 14.3. The van der Waals surface area contributed by atoms with Gasteiger partial charge in [0.25, 0.3) is 5.56 Å². The molecular formula is C15H17N6OS+. The van der Waals surface area contributed by atoms with Crippen molar-refractivity contribution >= 4 is 22.2 Å². The molecule has 8 heteroatoms. The van der Waals surface area contributed by atoms with Gasteiger partial charge in [0.05, 0.1) is 26.2 Å². The third-order valence-electron chi connectivity index (χ3n) is 4.09. The monoisotopic (exact) mass is 329 g/mol. The topological polar surface area (TPSA) is 67.8 Å². The summed E-state index contributed by atoms with van der Waals surface area (Å²) in [5.74, 6) is 0.794. The molecule has 0 spiro atoms. The minimum Gasteiger partial charge on any atom is -0.330 e. The van der Waals surface area contributed by atoms with Crippen molar-refractivity contribution in [1.82, 2.24) is 19.4 Å². The highest BCUT2D eigenvalue weighted by molar-refractivity contribution is 7.15. The molecule has 23 heavy (non-hydrogen) atoms. The van der Waals surface area contributed by atoms with Crippen LogP contribution in [0.1, 0.15) is 5.69 Å². The fourth-order valence-corrected chi connectivity index (χ4v) is 3.63. The maximum atomic E-state index is 12.0. The number of fused-ring (bicyclic) bond motifs is 1. The molecule has 3 aromatic heterocycles. The van der Waals surface area contributed by atoms with E-state index in [2.05, 4.69) is 19.9 Å². The Balaban J connectivity index is 1.43. The van der Waals surface area contributed by atoms with Crippen LogP contribution in [-0.4, -0.2) is 45.5 Å². The summed E-state index contributed by atoms with van der Waals surface area (Å²) in [6.45, 7) is 4.60. The number of piperazine rings is 1. The molecule has 0 saturated carbocycles. The van der Waals surface area contributed by atoms with Crippen LogP contribution in [0, 0.1) is 0 Å². The van der Waals surface area contributed by atoms with Gasteiger partial charge in [0.2, 0.25) is 5.95 Å². The van der Waals surface area contributed by atoms with Gasteiger partial charge in [-0.25, -0.2) is 15.0 Å². The molecule has 3 aromatic rings. The zero-order chi connectivity index (χ0) is 15.6. The Labute approximate surface area is 136 Å². The van der Waals surface area contributed by atoms with E-state index in [9.17, 15) is 4.79 Å². The fourth-order valence-electron chi connectivity index (χ4n) is 2.89. The molecule has 4 heterocycles. The molecule has 0 unspecified atom stereocenters. The van der Waals surface area contributed by atoms with Crippen LogP contribution in [0.3, 0.4) is 0 Å². The zero-order valence-electron chi connectivity index (χ0n) is 12.6. The Morgan fingerprint density at radius 3 is 2.78 bits per heavy atom. The predicted octanol–water partition coefficient (Wildman–Crippen LogP) is -0.549. The van der Waals surface area contributed by atoms with Crippen LogP contribution in [0.15, 0.2) is 40.9 Å². The summed E-state index contributed by atoms with van der Waals surface area (Å²) in [5.41, 5.74) is 0.874. The second-order valence-electron chi connectivity index (χ2n) is 5.60. The number of nitrogens with one attached hydrogen (secondary N) is 1. The van der Waals surface area contributed by atoms with Gasteiger partial charge in [-0.15, -0.1) is 11.3 Å². The summed E-state index contributed by atoms with van der Waals surface area (Å²) in [7, 11) is 0. The number of nitrogens with zero attached hydrogens (tertiary/aromatic N) is 5. The maximum absolute atomic E-state index is 12.0. The number of rotatable bonds is 3. The van der Waals surface area contributed by atoms with Crippen molar-refractivity contribution in [1.29, 1.82) is 0 Å². The lowest BCUT2D eigenvalue weighted by Crippen LogP contribution is -3.13. The summed E-state index contributed by atoms with van der Waals surface area (Å²) in [5, 5.41) is 1.89. The van der Waals surface area contributed by atoms with Crippen LogP contribution in [0.25, 0.3) is 4.96 Å². The Morgan fingerprint density at radius 2 is 2.00 bits per heavy atom. The van der Waals surface area contributed by atoms with Gasteiger partial charge in [-0.2, -0.15) is 0 Å². The molecule has 0 aromatic carbocycles. The molecule has 7 nitrogen and oxygen atoms in total. The molecule has 1 N–H and O–H groups in total. The first-order valence-electron chi connectivity index (χ1n) is 7.61. The predicted molar refractivity (Wildman–Crippen MR) is 88.0 cm³/mol. The van der Waals surface area contributed by atoms with E-state index in [1.807, 2.05) is 11.4 Å². The van der Waals surface area contributed by atoms with Crippen LogP contribution in [0.5, 0.6) is 0 Å². The summed E-state index contributed by atoms with van der Waals surface area (Å²) in [6.07, 6.45) is 5.31. The van der Waals surface area contributed by atoms with E-state index in [-0.39, 0.29) is 5.56 Å². The van der Waals surface area contributed by atoms with Crippen molar-refractivity contribution in [3.05, 3.63) is 52.2 Å². The molecule has 1 aliphatic heterocycles. The van der Waals surface area contributed by atoms with Gasteiger partial charge >= 0.3 is 0 Å². The molecule has 1 fully saturated rings. The number of aromatic nitrogens is 4. The number of thiazole rings is 1. The van der Waals surface area contributed by atoms with Crippen molar-refractivity contribution < 1.29 is 4.90 Å². The second kappa shape index (κ2) is 6.05. The van der Waals surface area contributed by atoms with Crippen molar-refractivity contribution in [2.24, 2.45) is 0 Å². The van der Waals surface area contributed by atoms with E-state index in [4.69, 9.17) is 0 Å². The summed E-state index contributed by atoms with van der Waals surface area (Å²) >= 11 is 1.49. The lowest BCUT2D eigenvalue weighted by Gasteiger charge is -2.31. The highest BCUT2D eigenvalue weighted by atomic mass is 32.1. The first-order chi connectivity index (χ1) is 11.3. The smallest absolute Gasteiger partial charge is 0.258 e.